The highest BCUT2D eigenvalue weighted by Gasteiger charge is 2.25. The number of hydrogen-bond acceptors (Lipinski definition) is 1. The summed E-state index contributed by atoms with van der Waals surface area (Å²) in [5.41, 5.74) is 0. The molecule has 3 heteroatoms. The molecule has 0 radical (unpaired) electrons. The van der Waals surface area contributed by atoms with Crippen LogP contribution in [0.3, 0.4) is 0 Å². The number of carbonyl (C=O) groups excluding carboxylic acids is 1. The number of nitrogens with zero attached hydrogens (tertiary/aromatic N) is 1. The fourth-order valence-electron chi connectivity index (χ4n) is 1.59. The summed E-state index contributed by atoms with van der Waals surface area (Å²) in [6.07, 6.45) is 2.79. The first kappa shape index (κ1) is 8.85. The van der Waals surface area contributed by atoms with E-state index in [4.69, 9.17) is 11.6 Å². The number of alkyl halides is 1. The van der Waals surface area contributed by atoms with Gasteiger partial charge in [0.25, 0.3) is 0 Å². The molecular formula is C8H14ClNO. The normalized spacial score (nSPS) is 25.8. The predicted molar refractivity (Wildman–Crippen MR) is 45.7 cm³/mol. The first-order valence-corrected chi connectivity index (χ1v) is 4.68. The Labute approximate surface area is 72.5 Å². The van der Waals surface area contributed by atoms with Gasteiger partial charge in [0.1, 0.15) is 0 Å². The second kappa shape index (κ2) is 3.96. The third kappa shape index (κ3) is 1.86. The molecule has 1 aliphatic heterocycles. The molecule has 1 heterocycles. The second-order valence-corrected chi connectivity index (χ2v) is 3.19. The lowest BCUT2D eigenvalue weighted by molar-refractivity contribution is -0.135. The van der Waals surface area contributed by atoms with Gasteiger partial charge < -0.3 is 4.90 Å². The molecule has 0 aromatic heterocycles. The van der Waals surface area contributed by atoms with Crippen molar-refractivity contribution in [3.8, 4) is 0 Å². The van der Waals surface area contributed by atoms with Crippen molar-refractivity contribution in [2.45, 2.75) is 32.2 Å². The zero-order valence-corrected chi connectivity index (χ0v) is 7.60. The van der Waals surface area contributed by atoms with Gasteiger partial charge in [0.2, 0.25) is 5.91 Å². The minimum atomic E-state index is 0.268. The minimum Gasteiger partial charge on any atom is -0.339 e. The van der Waals surface area contributed by atoms with Crippen LogP contribution in [0.15, 0.2) is 0 Å². The topological polar surface area (TPSA) is 20.3 Å². The molecule has 1 unspecified atom stereocenters. The average molecular weight is 176 g/mol. The van der Waals surface area contributed by atoms with Crippen LogP contribution in [0.25, 0.3) is 0 Å². The smallest absolute Gasteiger partial charge is 0.222 e. The van der Waals surface area contributed by atoms with E-state index >= 15 is 0 Å². The van der Waals surface area contributed by atoms with Crippen molar-refractivity contribution in [3.63, 3.8) is 0 Å². The van der Waals surface area contributed by atoms with Gasteiger partial charge in [-0.15, -0.1) is 11.6 Å². The van der Waals surface area contributed by atoms with Crippen LogP contribution in [0.2, 0.25) is 0 Å². The lowest BCUT2D eigenvalue weighted by atomic mass is 10.0. The monoisotopic (exact) mass is 175 g/mol. The van der Waals surface area contributed by atoms with Crippen LogP contribution in [0, 0.1) is 0 Å². The van der Waals surface area contributed by atoms with Gasteiger partial charge in [-0.05, 0) is 19.8 Å². The van der Waals surface area contributed by atoms with Crippen molar-refractivity contribution in [1.29, 1.82) is 0 Å². The van der Waals surface area contributed by atoms with Crippen LogP contribution in [0.1, 0.15) is 26.2 Å². The van der Waals surface area contributed by atoms with Gasteiger partial charge in [0.05, 0.1) is 0 Å². The highest BCUT2D eigenvalue weighted by atomic mass is 35.5. The van der Waals surface area contributed by atoms with Crippen molar-refractivity contribution in [3.05, 3.63) is 0 Å². The quantitative estimate of drug-likeness (QED) is 0.585. The van der Waals surface area contributed by atoms with E-state index in [0.29, 0.717) is 18.3 Å². The number of halogens is 1. The maximum absolute atomic E-state index is 11.3. The van der Waals surface area contributed by atoms with Crippen molar-refractivity contribution < 1.29 is 4.79 Å². The van der Waals surface area contributed by atoms with Crippen LogP contribution in [-0.4, -0.2) is 29.3 Å². The summed E-state index contributed by atoms with van der Waals surface area (Å²) in [5.74, 6) is 0.851. The van der Waals surface area contributed by atoms with Gasteiger partial charge in [-0.25, -0.2) is 0 Å². The molecule has 0 spiro atoms. The van der Waals surface area contributed by atoms with Gasteiger partial charge >= 0.3 is 0 Å². The minimum absolute atomic E-state index is 0.268. The highest BCUT2D eigenvalue weighted by molar-refractivity contribution is 6.18. The highest BCUT2D eigenvalue weighted by Crippen LogP contribution is 2.18. The molecule has 1 rings (SSSR count). The molecule has 1 saturated heterocycles. The van der Waals surface area contributed by atoms with Crippen molar-refractivity contribution >= 4 is 17.5 Å². The maximum Gasteiger partial charge on any atom is 0.222 e. The van der Waals surface area contributed by atoms with Gasteiger partial charge in [-0.3, -0.25) is 4.79 Å². The first-order valence-electron chi connectivity index (χ1n) is 4.15. The molecule has 0 aliphatic carbocycles. The van der Waals surface area contributed by atoms with E-state index in [0.717, 1.165) is 19.4 Å². The van der Waals surface area contributed by atoms with Gasteiger partial charge in [0, 0.05) is 24.9 Å². The molecule has 0 aromatic rings. The summed E-state index contributed by atoms with van der Waals surface area (Å²) in [7, 11) is 0. The number of rotatable bonds is 2. The Kier molecular flexibility index (Phi) is 3.18. The van der Waals surface area contributed by atoms with Crippen LogP contribution in [0.4, 0.5) is 0 Å². The summed E-state index contributed by atoms with van der Waals surface area (Å²) >= 11 is 5.73. The number of amides is 1. The van der Waals surface area contributed by atoms with Gasteiger partial charge in [-0.2, -0.15) is 0 Å². The van der Waals surface area contributed by atoms with E-state index in [1.54, 1.807) is 0 Å². The molecule has 2 nitrogen and oxygen atoms in total. The van der Waals surface area contributed by atoms with Crippen LogP contribution < -0.4 is 0 Å². The molecular weight excluding hydrogens is 162 g/mol. The molecule has 1 amide bonds. The first-order chi connectivity index (χ1) is 5.29. The van der Waals surface area contributed by atoms with Gasteiger partial charge in [-0.1, -0.05) is 0 Å². The Morgan fingerprint density at radius 3 is 2.91 bits per heavy atom. The number of hydrogen-bond donors (Lipinski definition) is 0. The van der Waals surface area contributed by atoms with Crippen LogP contribution in [-0.2, 0) is 4.79 Å². The zero-order chi connectivity index (χ0) is 8.27. The summed E-state index contributed by atoms with van der Waals surface area (Å²) < 4.78 is 0. The lowest BCUT2D eigenvalue weighted by Crippen LogP contribution is -2.44. The molecule has 0 aromatic carbocycles. The second-order valence-electron chi connectivity index (χ2n) is 2.88. The Balaban J connectivity index is 2.56. The number of carbonyl (C=O) groups is 1. The Bertz CT molecular complexity index is 149. The number of likely N-dealkylation sites (tertiary alicyclic amines) is 1. The lowest BCUT2D eigenvalue weighted by Gasteiger charge is -2.33. The standard InChI is InChI=1S/C8H14ClNO/c1-2-10-7(6-9)4-3-5-8(10)11/h7H,2-6H2,1H3. The number of piperidine rings is 1. The third-order valence-electron chi connectivity index (χ3n) is 2.21. The summed E-state index contributed by atoms with van der Waals surface area (Å²) in [6, 6.07) is 0.294. The average Bonchev–Trinajstić information content (AvgIpc) is 2.04. The Morgan fingerprint density at radius 2 is 2.45 bits per heavy atom. The third-order valence-corrected chi connectivity index (χ3v) is 2.56. The van der Waals surface area contributed by atoms with Crippen molar-refractivity contribution in [1.82, 2.24) is 4.90 Å². The molecule has 1 atom stereocenters. The SMILES string of the molecule is CCN1C(=O)CCCC1CCl. The van der Waals surface area contributed by atoms with Crippen molar-refractivity contribution in [2.75, 3.05) is 12.4 Å². The fourth-order valence-corrected chi connectivity index (χ4v) is 1.91. The maximum atomic E-state index is 11.3. The van der Waals surface area contributed by atoms with Crippen LogP contribution >= 0.6 is 11.6 Å². The largest absolute Gasteiger partial charge is 0.339 e. The van der Waals surface area contributed by atoms with E-state index in [1.165, 1.54) is 0 Å². The Hall–Kier alpha value is -0.240. The van der Waals surface area contributed by atoms with E-state index in [2.05, 4.69) is 0 Å². The van der Waals surface area contributed by atoms with Crippen LogP contribution in [0.5, 0.6) is 0 Å². The zero-order valence-electron chi connectivity index (χ0n) is 6.85. The molecule has 1 aliphatic rings. The summed E-state index contributed by atoms with van der Waals surface area (Å²) in [4.78, 5) is 13.1. The van der Waals surface area contributed by atoms with E-state index in [9.17, 15) is 4.79 Å². The van der Waals surface area contributed by atoms with E-state index in [1.807, 2.05) is 11.8 Å². The molecule has 0 saturated carbocycles. The molecule has 0 bridgehead atoms. The molecule has 0 N–H and O–H groups in total. The fraction of sp³-hybridized carbons (Fsp3) is 0.875. The van der Waals surface area contributed by atoms with E-state index in [-0.39, 0.29) is 5.91 Å². The molecule has 64 valence electrons. The van der Waals surface area contributed by atoms with Gasteiger partial charge in [0.15, 0.2) is 0 Å². The Morgan fingerprint density at radius 1 is 1.73 bits per heavy atom. The van der Waals surface area contributed by atoms with E-state index < -0.39 is 0 Å². The van der Waals surface area contributed by atoms with Crippen molar-refractivity contribution in [2.24, 2.45) is 0 Å². The molecule has 11 heavy (non-hydrogen) atoms. The summed E-state index contributed by atoms with van der Waals surface area (Å²) in [6.45, 7) is 2.80. The summed E-state index contributed by atoms with van der Waals surface area (Å²) in [5, 5.41) is 0. The molecule has 1 fully saturated rings. The predicted octanol–water partition coefficient (Wildman–Crippen LogP) is 1.63.